The molecule has 0 radical (unpaired) electrons. The van der Waals surface area contributed by atoms with Crippen LogP contribution in [-0.2, 0) is 6.42 Å². The molecule has 10 nitrogen and oxygen atoms in total. The second-order valence-electron chi connectivity index (χ2n) is 11.6. The van der Waals surface area contributed by atoms with Gasteiger partial charge >= 0.3 is 0 Å². The number of aliphatic hydroxyl groups excluding tert-OH is 1. The van der Waals surface area contributed by atoms with Crippen molar-refractivity contribution in [2.45, 2.75) is 44.2 Å². The minimum Gasteiger partial charge on any atom is -0.395 e. The molecule has 43 heavy (non-hydrogen) atoms. The number of nitrogens with two attached hydrogens (primary N) is 1. The molecule has 2 fully saturated rings. The van der Waals surface area contributed by atoms with Crippen LogP contribution in [0, 0.1) is 11.6 Å². The summed E-state index contributed by atoms with van der Waals surface area (Å²) >= 11 is 0. The van der Waals surface area contributed by atoms with Gasteiger partial charge in [-0.3, -0.25) is 9.80 Å². The summed E-state index contributed by atoms with van der Waals surface area (Å²) in [6.45, 7) is 5.06. The van der Waals surface area contributed by atoms with Crippen molar-refractivity contribution < 1.29 is 13.9 Å². The first-order valence-corrected chi connectivity index (χ1v) is 15.0. The fraction of sp³-hybridized carbons (Fsp3) is 0.419. The summed E-state index contributed by atoms with van der Waals surface area (Å²) in [6, 6.07) is 10.4. The smallest absolute Gasteiger partial charge is 0.164 e. The lowest BCUT2D eigenvalue weighted by atomic mass is 9.90. The molecule has 0 atom stereocenters. The Morgan fingerprint density at radius 1 is 0.953 bits per heavy atom. The highest BCUT2D eigenvalue weighted by Gasteiger charge is 2.31. The number of nitrogens with one attached hydrogen (secondary N) is 1. The zero-order chi connectivity index (χ0) is 29.5. The maximum atomic E-state index is 14.2. The van der Waals surface area contributed by atoms with Gasteiger partial charge in [0.1, 0.15) is 35.3 Å². The van der Waals surface area contributed by atoms with E-state index in [0.717, 1.165) is 75.1 Å². The van der Waals surface area contributed by atoms with Crippen LogP contribution in [0.3, 0.4) is 0 Å². The van der Waals surface area contributed by atoms with Crippen LogP contribution in [0.25, 0.3) is 33.3 Å². The van der Waals surface area contributed by atoms with Gasteiger partial charge in [-0.1, -0.05) is 12.1 Å². The molecule has 0 spiro atoms. The maximum absolute atomic E-state index is 14.2. The number of halogens is 2. The van der Waals surface area contributed by atoms with Crippen LogP contribution < -0.4 is 5.73 Å². The molecule has 2 aliphatic rings. The van der Waals surface area contributed by atoms with Gasteiger partial charge in [-0.05, 0) is 49.9 Å². The van der Waals surface area contributed by atoms with Gasteiger partial charge in [-0.15, -0.1) is 0 Å². The molecule has 0 unspecified atom stereocenters. The van der Waals surface area contributed by atoms with Crippen LogP contribution in [0.1, 0.15) is 43.1 Å². The number of rotatable bonds is 7. The summed E-state index contributed by atoms with van der Waals surface area (Å²) in [4.78, 5) is 21.6. The zero-order valence-corrected chi connectivity index (χ0v) is 23.9. The number of piperazine rings is 1. The quantitative estimate of drug-likeness (QED) is 0.262. The number of anilines is 1. The van der Waals surface area contributed by atoms with Crippen LogP contribution in [0.5, 0.6) is 0 Å². The maximum Gasteiger partial charge on any atom is 0.164 e. The Balaban J connectivity index is 1.14. The predicted molar refractivity (Wildman–Crippen MR) is 160 cm³/mol. The largest absolute Gasteiger partial charge is 0.395 e. The summed E-state index contributed by atoms with van der Waals surface area (Å²) in [6.07, 6.45) is 5.68. The Kier molecular flexibility index (Phi) is 7.50. The molecule has 4 N–H and O–H groups in total. The van der Waals surface area contributed by atoms with E-state index in [1.165, 1.54) is 24.5 Å². The van der Waals surface area contributed by atoms with E-state index < -0.39 is 11.6 Å². The normalized spacial score (nSPS) is 20.3. The van der Waals surface area contributed by atoms with Gasteiger partial charge in [0.25, 0.3) is 0 Å². The predicted octanol–water partition coefficient (Wildman–Crippen LogP) is 3.91. The van der Waals surface area contributed by atoms with E-state index in [9.17, 15) is 13.9 Å². The molecular weight excluding hydrogens is 552 g/mol. The number of aliphatic hydroxyl groups is 1. The molecule has 4 heterocycles. The first-order valence-electron chi connectivity index (χ1n) is 15.0. The zero-order valence-electron chi connectivity index (χ0n) is 23.9. The number of aromatic nitrogens is 6. The van der Waals surface area contributed by atoms with Crippen LogP contribution >= 0.6 is 0 Å². The third-order valence-corrected chi connectivity index (χ3v) is 9.08. The second kappa shape index (κ2) is 11.6. The number of H-pyrrole nitrogens is 1. The van der Waals surface area contributed by atoms with E-state index in [2.05, 4.69) is 29.7 Å². The molecule has 1 aliphatic heterocycles. The van der Waals surface area contributed by atoms with E-state index in [1.807, 2.05) is 22.9 Å². The highest BCUT2D eigenvalue weighted by Crippen LogP contribution is 2.37. The Labute approximate surface area is 247 Å². The SMILES string of the molecule is Nc1ncnc2c1c(-c1ccc3[nH]c(Cc4c(F)cccc4F)nc3c1)nn2[C@H]1CC[C@H](N2CCN(CCO)CC2)CC1. The van der Waals surface area contributed by atoms with Crippen molar-refractivity contribution in [2.75, 3.05) is 45.1 Å². The number of benzene rings is 2. The molecular formula is C31H35F2N9O. The number of fused-ring (bicyclic) bond motifs is 2. The number of hydrogen-bond donors (Lipinski definition) is 3. The summed E-state index contributed by atoms with van der Waals surface area (Å²) < 4.78 is 30.5. The Morgan fingerprint density at radius 2 is 1.70 bits per heavy atom. The van der Waals surface area contributed by atoms with Crippen LogP contribution in [0.2, 0.25) is 0 Å². The first kappa shape index (κ1) is 27.8. The van der Waals surface area contributed by atoms with E-state index in [0.29, 0.717) is 34.3 Å². The molecule has 2 aromatic carbocycles. The Bertz CT molecular complexity index is 1730. The highest BCUT2D eigenvalue weighted by atomic mass is 19.1. The van der Waals surface area contributed by atoms with Crippen molar-refractivity contribution >= 4 is 27.9 Å². The van der Waals surface area contributed by atoms with Gasteiger partial charge in [0.05, 0.1) is 29.1 Å². The van der Waals surface area contributed by atoms with Crippen molar-refractivity contribution in [1.29, 1.82) is 0 Å². The average molecular weight is 588 g/mol. The van der Waals surface area contributed by atoms with Gasteiger partial charge in [0, 0.05) is 56.3 Å². The van der Waals surface area contributed by atoms with Crippen molar-refractivity contribution in [3.8, 4) is 11.3 Å². The molecule has 1 aliphatic carbocycles. The van der Waals surface area contributed by atoms with Gasteiger partial charge in [-0.2, -0.15) is 5.10 Å². The van der Waals surface area contributed by atoms with E-state index >= 15 is 0 Å². The lowest BCUT2D eigenvalue weighted by Gasteiger charge is -2.41. The topological polar surface area (TPSA) is 125 Å². The highest BCUT2D eigenvalue weighted by molar-refractivity contribution is 5.99. The van der Waals surface area contributed by atoms with Gasteiger partial charge in [-0.25, -0.2) is 28.4 Å². The summed E-state index contributed by atoms with van der Waals surface area (Å²) in [5.74, 6) is -0.342. The minimum atomic E-state index is -0.594. The van der Waals surface area contributed by atoms with Crippen molar-refractivity contribution in [1.82, 2.24) is 39.5 Å². The molecule has 5 aromatic rings. The fourth-order valence-corrected chi connectivity index (χ4v) is 6.77. The van der Waals surface area contributed by atoms with E-state index in [-0.39, 0.29) is 24.6 Å². The lowest BCUT2D eigenvalue weighted by molar-refractivity contribution is 0.0629. The van der Waals surface area contributed by atoms with E-state index in [4.69, 9.17) is 10.8 Å². The lowest BCUT2D eigenvalue weighted by Crippen LogP contribution is -2.51. The van der Waals surface area contributed by atoms with Crippen molar-refractivity contribution in [2.24, 2.45) is 0 Å². The third kappa shape index (κ3) is 5.34. The average Bonchev–Trinajstić information content (AvgIpc) is 3.61. The van der Waals surface area contributed by atoms with Crippen LogP contribution in [-0.4, -0.2) is 90.0 Å². The van der Waals surface area contributed by atoms with Crippen LogP contribution in [0.15, 0.2) is 42.7 Å². The second-order valence-corrected chi connectivity index (χ2v) is 11.6. The van der Waals surface area contributed by atoms with Gasteiger partial charge in [0.15, 0.2) is 5.65 Å². The van der Waals surface area contributed by atoms with Gasteiger partial charge < -0.3 is 15.8 Å². The van der Waals surface area contributed by atoms with Crippen molar-refractivity contribution in [3.63, 3.8) is 0 Å². The number of nitrogens with zero attached hydrogens (tertiary/aromatic N) is 7. The minimum absolute atomic E-state index is 0.0158. The molecule has 1 saturated carbocycles. The number of hydrogen-bond acceptors (Lipinski definition) is 8. The Hall–Kier alpha value is -4.00. The Morgan fingerprint density at radius 3 is 2.44 bits per heavy atom. The molecule has 7 rings (SSSR count). The third-order valence-electron chi connectivity index (χ3n) is 9.08. The molecule has 1 saturated heterocycles. The fourth-order valence-electron chi connectivity index (χ4n) is 6.77. The number of nitrogen functional groups attached to an aromatic ring is 1. The summed E-state index contributed by atoms with van der Waals surface area (Å²) in [5, 5.41) is 15.0. The molecule has 0 bridgehead atoms. The first-order chi connectivity index (χ1) is 21.0. The number of β-amino-alcohol motifs (C(OH)–C–C–N with tert-alkyl or cyclic N) is 1. The monoisotopic (exact) mass is 587 g/mol. The molecule has 3 aromatic heterocycles. The summed E-state index contributed by atoms with van der Waals surface area (Å²) in [7, 11) is 0. The number of imidazole rings is 1. The van der Waals surface area contributed by atoms with E-state index in [1.54, 1.807) is 0 Å². The molecule has 12 heteroatoms. The van der Waals surface area contributed by atoms with Crippen LogP contribution in [0.4, 0.5) is 14.6 Å². The molecule has 224 valence electrons. The standard InChI is InChI=1S/C31H35F2N9O/c32-23-2-1-3-24(33)22(23)17-27-37-25-9-4-19(16-26(25)38-27)29-28-30(34)35-18-36-31(28)42(39-29)21-7-5-20(6-8-21)41-12-10-40(11-13-41)14-15-43/h1-4,9,16,18,20-21,43H,5-8,10-15,17H2,(H,37,38)(H2,34,35,36)/t20-,21-. The van der Waals surface area contributed by atoms with Gasteiger partial charge in [0.2, 0.25) is 0 Å². The summed E-state index contributed by atoms with van der Waals surface area (Å²) in [5.41, 5.74) is 10.1. The molecule has 0 amide bonds. The van der Waals surface area contributed by atoms with Crippen molar-refractivity contribution in [3.05, 3.63) is 65.7 Å². The number of aromatic amines is 1.